The molecule has 6 heteroatoms. The van der Waals surface area contributed by atoms with Gasteiger partial charge in [-0.2, -0.15) is 11.3 Å². The van der Waals surface area contributed by atoms with Gasteiger partial charge in [-0.15, -0.1) is 0 Å². The van der Waals surface area contributed by atoms with Crippen molar-refractivity contribution in [3.63, 3.8) is 0 Å². The molecule has 0 bridgehead atoms. The van der Waals surface area contributed by atoms with Crippen LogP contribution >= 0.6 is 11.3 Å². The van der Waals surface area contributed by atoms with Gasteiger partial charge in [0.25, 0.3) is 5.91 Å². The Hall–Kier alpha value is -2.99. The van der Waals surface area contributed by atoms with Crippen LogP contribution in [0.4, 0.5) is 11.5 Å². The zero-order valence-corrected chi connectivity index (χ0v) is 14.8. The van der Waals surface area contributed by atoms with Gasteiger partial charge in [0.15, 0.2) is 0 Å². The number of amides is 2. The van der Waals surface area contributed by atoms with E-state index in [2.05, 4.69) is 22.4 Å². The first-order chi connectivity index (χ1) is 12.7. The van der Waals surface area contributed by atoms with Crippen LogP contribution in [0.5, 0.6) is 0 Å². The molecular formula is C20H17N3O2S. The third-order valence-corrected chi connectivity index (χ3v) is 5.16. The zero-order chi connectivity index (χ0) is 17.9. The number of nitrogens with one attached hydrogen (secondary N) is 1. The lowest BCUT2D eigenvalue weighted by Gasteiger charge is -2.17. The summed E-state index contributed by atoms with van der Waals surface area (Å²) in [5.41, 5.74) is 2.52. The van der Waals surface area contributed by atoms with E-state index in [1.165, 1.54) is 16.9 Å². The van der Waals surface area contributed by atoms with Crippen LogP contribution in [-0.4, -0.2) is 23.3 Å². The lowest BCUT2D eigenvalue weighted by Crippen LogP contribution is -2.24. The first-order valence-electron chi connectivity index (χ1n) is 8.35. The molecule has 1 saturated heterocycles. The molecule has 1 atom stereocenters. The van der Waals surface area contributed by atoms with Gasteiger partial charge in [-0.05, 0) is 23.1 Å². The summed E-state index contributed by atoms with van der Waals surface area (Å²) in [6.07, 6.45) is 2.10. The van der Waals surface area contributed by atoms with Gasteiger partial charge in [-0.1, -0.05) is 30.3 Å². The lowest BCUT2D eigenvalue weighted by atomic mass is 9.99. The number of thiophene rings is 1. The first-order valence-corrected chi connectivity index (χ1v) is 9.30. The van der Waals surface area contributed by atoms with Crippen molar-refractivity contribution in [2.75, 3.05) is 16.8 Å². The van der Waals surface area contributed by atoms with E-state index >= 15 is 0 Å². The number of hydrogen-bond donors (Lipinski definition) is 1. The van der Waals surface area contributed by atoms with Crippen molar-refractivity contribution >= 4 is 34.7 Å². The fourth-order valence-corrected chi connectivity index (χ4v) is 3.78. The topological polar surface area (TPSA) is 62.3 Å². The number of nitrogens with zero attached hydrogens (tertiary/aromatic N) is 2. The van der Waals surface area contributed by atoms with Crippen molar-refractivity contribution in [2.24, 2.45) is 0 Å². The monoisotopic (exact) mass is 363 g/mol. The summed E-state index contributed by atoms with van der Waals surface area (Å²) in [7, 11) is 0. The van der Waals surface area contributed by atoms with E-state index in [-0.39, 0.29) is 17.7 Å². The maximum absolute atomic E-state index is 12.5. The van der Waals surface area contributed by atoms with Gasteiger partial charge in [0.1, 0.15) is 5.82 Å². The predicted octanol–water partition coefficient (Wildman–Crippen LogP) is 3.92. The second-order valence-corrected chi connectivity index (χ2v) is 6.96. The minimum absolute atomic E-state index is 0.0835. The normalized spacial score (nSPS) is 16.7. The summed E-state index contributed by atoms with van der Waals surface area (Å²) in [4.78, 5) is 30.6. The molecule has 1 fully saturated rings. The van der Waals surface area contributed by atoms with Gasteiger partial charge in [-0.3, -0.25) is 9.59 Å². The third kappa shape index (κ3) is 3.36. The highest BCUT2D eigenvalue weighted by atomic mass is 32.1. The Morgan fingerprint density at radius 3 is 2.81 bits per heavy atom. The maximum Gasteiger partial charge on any atom is 0.257 e. The van der Waals surface area contributed by atoms with Gasteiger partial charge in [0, 0.05) is 42.2 Å². The highest BCUT2D eigenvalue weighted by Gasteiger charge is 2.31. The molecule has 26 heavy (non-hydrogen) atoms. The molecule has 1 aliphatic rings. The van der Waals surface area contributed by atoms with Crippen molar-refractivity contribution in [3.8, 4) is 0 Å². The number of benzene rings is 1. The smallest absolute Gasteiger partial charge is 0.257 e. The molecule has 2 amide bonds. The predicted molar refractivity (Wildman–Crippen MR) is 103 cm³/mol. The van der Waals surface area contributed by atoms with Crippen LogP contribution in [0, 0.1) is 0 Å². The van der Waals surface area contributed by atoms with Gasteiger partial charge >= 0.3 is 0 Å². The van der Waals surface area contributed by atoms with Crippen molar-refractivity contribution in [1.29, 1.82) is 0 Å². The summed E-state index contributed by atoms with van der Waals surface area (Å²) in [6.45, 7) is 0.630. The van der Waals surface area contributed by atoms with Crippen LogP contribution < -0.4 is 10.2 Å². The van der Waals surface area contributed by atoms with E-state index in [0.29, 0.717) is 24.3 Å². The summed E-state index contributed by atoms with van der Waals surface area (Å²) in [5, 5.41) is 6.42. The Kier molecular flexibility index (Phi) is 4.50. The van der Waals surface area contributed by atoms with E-state index in [1.807, 2.05) is 23.6 Å². The minimum Gasteiger partial charge on any atom is -0.312 e. The highest BCUT2D eigenvalue weighted by molar-refractivity contribution is 7.08. The second-order valence-electron chi connectivity index (χ2n) is 6.18. The standard InChI is InChI=1S/C20H17N3O2S/c24-19-10-16(14-4-2-1-3-5-14)12-23(19)17-6-8-21-18(11-17)22-20(25)15-7-9-26-13-15/h1-9,11,13,16H,10,12H2,(H,21,22,25). The van der Waals surface area contributed by atoms with Crippen molar-refractivity contribution in [2.45, 2.75) is 12.3 Å². The molecule has 3 heterocycles. The molecule has 0 saturated carbocycles. The molecule has 4 rings (SSSR count). The van der Waals surface area contributed by atoms with E-state index in [1.54, 1.807) is 34.7 Å². The Bertz CT molecular complexity index is 925. The molecule has 2 aromatic heterocycles. The molecular weight excluding hydrogens is 346 g/mol. The molecule has 1 aliphatic heterocycles. The molecule has 1 aromatic carbocycles. The molecule has 0 radical (unpaired) electrons. The number of rotatable bonds is 4. The number of carbonyl (C=O) groups excluding carboxylic acids is 2. The highest BCUT2D eigenvalue weighted by Crippen LogP contribution is 2.32. The molecule has 130 valence electrons. The van der Waals surface area contributed by atoms with Gasteiger partial charge < -0.3 is 10.2 Å². The maximum atomic E-state index is 12.5. The summed E-state index contributed by atoms with van der Waals surface area (Å²) in [5.74, 6) is 0.501. The summed E-state index contributed by atoms with van der Waals surface area (Å²) < 4.78 is 0. The van der Waals surface area contributed by atoms with Crippen LogP contribution in [0.25, 0.3) is 0 Å². The van der Waals surface area contributed by atoms with E-state index < -0.39 is 0 Å². The third-order valence-electron chi connectivity index (χ3n) is 4.48. The summed E-state index contributed by atoms with van der Waals surface area (Å²) in [6, 6.07) is 15.4. The van der Waals surface area contributed by atoms with Gasteiger partial charge in [-0.25, -0.2) is 4.98 Å². The number of hydrogen-bond acceptors (Lipinski definition) is 4. The lowest BCUT2D eigenvalue weighted by molar-refractivity contribution is -0.117. The van der Waals surface area contributed by atoms with Crippen LogP contribution in [0.2, 0.25) is 0 Å². The number of anilines is 2. The zero-order valence-electron chi connectivity index (χ0n) is 14.0. The largest absolute Gasteiger partial charge is 0.312 e. The molecule has 0 spiro atoms. The Balaban J connectivity index is 1.51. The van der Waals surface area contributed by atoms with E-state index in [0.717, 1.165) is 5.69 Å². The molecule has 3 aromatic rings. The van der Waals surface area contributed by atoms with Gasteiger partial charge in [0.05, 0.1) is 5.56 Å². The van der Waals surface area contributed by atoms with E-state index in [4.69, 9.17) is 0 Å². The Labute approximate surface area is 155 Å². The van der Waals surface area contributed by atoms with Crippen molar-refractivity contribution in [1.82, 2.24) is 4.98 Å². The second kappa shape index (κ2) is 7.09. The SMILES string of the molecule is O=C(Nc1cc(N2CC(c3ccccc3)CC2=O)ccn1)c1ccsc1. The molecule has 0 aliphatic carbocycles. The van der Waals surface area contributed by atoms with Crippen molar-refractivity contribution in [3.05, 3.63) is 76.6 Å². The van der Waals surface area contributed by atoms with Crippen LogP contribution in [-0.2, 0) is 4.79 Å². The molecule has 1 N–H and O–H groups in total. The minimum atomic E-state index is -0.203. The quantitative estimate of drug-likeness (QED) is 0.764. The number of pyridine rings is 1. The Morgan fingerprint density at radius 1 is 1.19 bits per heavy atom. The van der Waals surface area contributed by atoms with Crippen molar-refractivity contribution < 1.29 is 9.59 Å². The average Bonchev–Trinajstić information content (AvgIpc) is 3.33. The molecule has 5 nitrogen and oxygen atoms in total. The van der Waals surface area contributed by atoms with Crippen LogP contribution in [0.15, 0.2) is 65.5 Å². The van der Waals surface area contributed by atoms with Crippen LogP contribution in [0.1, 0.15) is 28.3 Å². The number of carbonyl (C=O) groups is 2. The van der Waals surface area contributed by atoms with Gasteiger partial charge in [0.2, 0.25) is 5.91 Å². The fourth-order valence-electron chi connectivity index (χ4n) is 3.14. The number of aromatic nitrogens is 1. The Morgan fingerprint density at radius 2 is 2.04 bits per heavy atom. The first kappa shape index (κ1) is 16.5. The van der Waals surface area contributed by atoms with E-state index in [9.17, 15) is 9.59 Å². The van der Waals surface area contributed by atoms with Crippen LogP contribution in [0.3, 0.4) is 0 Å². The fraction of sp³-hybridized carbons (Fsp3) is 0.150. The molecule has 1 unspecified atom stereocenters. The summed E-state index contributed by atoms with van der Waals surface area (Å²) >= 11 is 1.47. The average molecular weight is 363 g/mol.